The van der Waals surface area contributed by atoms with E-state index in [1.54, 1.807) is 36.0 Å². The average molecular weight is 481 g/mol. The fraction of sp³-hybridized carbons (Fsp3) is 0.250. The molecule has 3 rings (SSSR count). The van der Waals surface area contributed by atoms with Gasteiger partial charge in [-0.1, -0.05) is 49.1 Å². The first-order valence-corrected chi connectivity index (χ1v) is 12.8. The zero-order valence-corrected chi connectivity index (χ0v) is 19.5. The fourth-order valence-electron chi connectivity index (χ4n) is 2.61. The molecule has 0 aliphatic rings. The van der Waals surface area contributed by atoms with E-state index in [0.717, 1.165) is 10.6 Å². The number of thioether (sulfide) groups is 1. The molecule has 0 aliphatic heterocycles. The standard InChI is InChI=1S/C20H21FN4O3S3/c1-13(2)29-20-24-23-19(30-20)22-18(26)15-6-10-17(11-7-15)25(31(3,27)28)12-14-4-8-16(21)9-5-14/h4-11,13H,12H2,1-3H3,(H,22,23,26). The van der Waals surface area contributed by atoms with E-state index in [9.17, 15) is 17.6 Å². The molecule has 31 heavy (non-hydrogen) atoms. The summed E-state index contributed by atoms with van der Waals surface area (Å²) in [6.45, 7) is 4.13. The van der Waals surface area contributed by atoms with Crippen LogP contribution in [-0.4, -0.2) is 36.0 Å². The van der Waals surface area contributed by atoms with Crippen LogP contribution in [0, 0.1) is 5.82 Å². The normalized spacial score (nSPS) is 11.5. The molecule has 0 bridgehead atoms. The van der Waals surface area contributed by atoms with Crippen LogP contribution in [0.5, 0.6) is 0 Å². The van der Waals surface area contributed by atoms with Crippen LogP contribution >= 0.6 is 23.1 Å². The van der Waals surface area contributed by atoms with E-state index >= 15 is 0 Å². The molecule has 164 valence electrons. The molecule has 1 amide bonds. The summed E-state index contributed by atoms with van der Waals surface area (Å²) in [6.07, 6.45) is 1.10. The molecule has 0 aliphatic carbocycles. The second kappa shape index (κ2) is 9.75. The predicted octanol–water partition coefficient (Wildman–Crippen LogP) is 4.40. The topological polar surface area (TPSA) is 92.3 Å². The molecule has 0 atom stereocenters. The molecule has 1 aromatic heterocycles. The molecule has 1 heterocycles. The van der Waals surface area contributed by atoms with Gasteiger partial charge in [-0.2, -0.15) is 0 Å². The van der Waals surface area contributed by atoms with Crippen molar-refractivity contribution in [1.29, 1.82) is 0 Å². The number of aromatic nitrogens is 2. The van der Waals surface area contributed by atoms with Gasteiger partial charge in [-0.25, -0.2) is 12.8 Å². The average Bonchev–Trinajstić information content (AvgIpc) is 3.12. The zero-order chi connectivity index (χ0) is 22.6. The van der Waals surface area contributed by atoms with Gasteiger partial charge in [-0.3, -0.25) is 14.4 Å². The van der Waals surface area contributed by atoms with Gasteiger partial charge >= 0.3 is 0 Å². The Bertz CT molecular complexity index is 1150. The molecule has 0 spiro atoms. The summed E-state index contributed by atoms with van der Waals surface area (Å²) in [5.74, 6) is -0.761. The number of nitrogens with one attached hydrogen (secondary N) is 1. The van der Waals surface area contributed by atoms with Gasteiger partial charge in [0.05, 0.1) is 18.5 Å². The number of hydrogen-bond acceptors (Lipinski definition) is 7. The Morgan fingerprint density at radius 2 is 1.77 bits per heavy atom. The molecule has 1 N–H and O–H groups in total. The van der Waals surface area contributed by atoms with Gasteiger partial charge in [0, 0.05) is 10.8 Å². The van der Waals surface area contributed by atoms with Crippen molar-refractivity contribution in [2.24, 2.45) is 0 Å². The van der Waals surface area contributed by atoms with Crippen LogP contribution in [0.25, 0.3) is 0 Å². The van der Waals surface area contributed by atoms with E-state index in [2.05, 4.69) is 15.5 Å². The van der Waals surface area contributed by atoms with E-state index in [1.807, 2.05) is 13.8 Å². The van der Waals surface area contributed by atoms with Crippen LogP contribution in [0.3, 0.4) is 0 Å². The lowest BCUT2D eigenvalue weighted by Gasteiger charge is -2.22. The second-order valence-electron chi connectivity index (χ2n) is 6.94. The van der Waals surface area contributed by atoms with Crippen molar-refractivity contribution in [3.8, 4) is 0 Å². The van der Waals surface area contributed by atoms with E-state index < -0.39 is 15.8 Å². The number of halogens is 1. The highest BCUT2D eigenvalue weighted by molar-refractivity contribution is 8.01. The summed E-state index contributed by atoms with van der Waals surface area (Å²) in [7, 11) is -3.60. The Morgan fingerprint density at radius 3 is 2.35 bits per heavy atom. The zero-order valence-electron chi connectivity index (χ0n) is 17.1. The quantitative estimate of drug-likeness (QED) is 0.380. The number of carbonyl (C=O) groups is 1. The number of rotatable bonds is 8. The van der Waals surface area contributed by atoms with Crippen molar-refractivity contribution < 1.29 is 17.6 Å². The Labute approximate surface area is 188 Å². The van der Waals surface area contributed by atoms with E-state index in [-0.39, 0.29) is 12.5 Å². The first-order chi connectivity index (χ1) is 14.6. The van der Waals surface area contributed by atoms with Crippen molar-refractivity contribution in [3.05, 3.63) is 65.5 Å². The Kier molecular flexibility index (Phi) is 7.29. The second-order valence-corrected chi connectivity index (χ2v) is 11.6. The van der Waals surface area contributed by atoms with Crippen molar-refractivity contribution in [2.75, 3.05) is 15.9 Å². The fourth-order valence-corrected chi connectivity index (χ4v) is 5.47. The Hall–Kier alpha value is -2.50. The van der Waals surface area contributed by atoms with Gasteiger partial charge in [0.2, 0.25) is 15.2 Å². The van der Waals surface area contributed by atoms with Crippen LogP contribution in [0.1, 0.15) is 29.8 Å². The number of sulfonamides is 1. The summed E-state index contributed by atoms with van der Waals surface area (Å²) in [5.41, 5.74) is 1.39. The molecule has 7 nitrogen and oxygen atoms in total. The smallest absolute Gasteiger partial charge is 0.257 e. The number of hydrogen-bond donors (Lipinski definition) is 1. The van der Waals surface area contributed by atoms with E-state index in [1.165, 1.54) is 39.9 Å². The molecule has 11 heteroatoms. The molecule has 0 fully saturated rings. The van der Waals surface area contributed by atoms with Gasteiger partial charge in [0.1, 0.15) is 5.82 Å². The minimum atomic E-state index is -3.60. The van der Waals surface area contributed by atoms with Gasteiger partial charge in [0.25, 0.3) is 5.91 Å². The SMILES string of the molecule is CC(C)Sc1nnc(NC(=O)c2ccc(N(Cc3ccc(F)cc3)S(C)(=O)=O)cc2)s1. The first kappa shape index (κ1) is 23.2. The van der Waals surface area contributed by atoms with Crippen molar-refractivity contribution in [3.63, 3.8) is 0 Å². The highest BCUT2D eigenvalue weighted by Crippen LogP contribution is 2.29. The number of nitrogens with zero attached hydrogens (tertiary/aromatic N) is 3. The highest BCUT2D eigenvalue weighted by atomic mass is 32.2. The number of carbonyl (C=O) groups excluding carboxylic acids is 1. The monoisotopic (exact) mass is 480 g/mol. The third-order valence-electron chi connectivity index (χ3n) is 4.02. The van der Waals surface area contributed by atoms with Crippen molar-refractivity contribution in [2.45, 2.75) is 30.0 Å². The van der Waals surface area contributed by atoms with Crippen LogP contribution < -0.4 is 9.62 Å². The molecule has 0 radical (unpaired) electrons. The van der Waals surface area contributed by atoms with Gasteiger partial charge < -0.3 is 0 Å². The minimum absolute atomic E-state index is 0.0474. The summed E-state index contributed by atoms with van der Waals surface area (Å²) in [6, 6.07) is 11.8. The Balaban J connectivity index is 1.74. The van der Waals surface area contributed by atoms with Crippen LogP contribution in [0.15, 0.2) is 52.9 Å². The summed E-state index contributed by atoms with van der Waals surface area (Å²) in [5, 5.41) is 11.5. The molecular weight excluding hydrogens is 459 g/mol. The predicted molar refractivity (Wildman–Crippen MR) is 123 cm³/mol. The van der Waals surface area contributed by atoms with Gasteiger partial charge in [0.15, 0.2) is 4.34 Å². The Morgan fingerprint density at radius 1 is 1.13 bits per heavy atom. The molecule has 0 saturated heterocycles. The summed E-state index contributed by atoms with van der Waals surface area (Å²) < 4.78 is 39.7. The van der Waals surface area contributed by atoms with Crippen molar-refractivity contribution in [1.82, 2.24) is 10.2 Å². The number of anilines is 2. The third kappa shape index (κ3) is 6.49. The maximum absolute atomic E-state index is 13.1. The van der Waals surface area contributed by atoms with Crippen LogP contribution in [0.4, 0.5) is 15.2 Å². The van der Waals surface area contributed by atoms with E-state index in [0.29, 0.717) is 27.2 Å². The summed E-state index contributed by atoms with van der Waals surface area (Å²) in [4.78, 5) is 12.5. The minimum Gasteiger partial charge on any atom is -0.296 e. The van der Waals surface area contributed by atoms with E-state index in [4.69, 9.17) is 0 Å². The maximum Gasteiger partial charge on any atom is 0.257 e. The molecule has 2 aromatic carbocycles. The number of benzene rings is 2. The van der Waals surface area contributed by atoms with Gasteiger partial charge in [-0.05, 0) is 42.0 Å². The molecule has 3 aromatic rings. The lowest BCUT2D eigenvalue weighted by Crippen LogP contribution is -2.29. The molecule has 0 saturated carbocycles. The molecule has 0 unspecified atom stereocenters. The summed E-state index contributed by atoms with van der Waals surface area (Å²) >= 11 is 2.85. The van der Waals surface area contributed by atoms with Crippen molar-refractivity contribution >= 4 is 49.8 Å². The lowest BCUT2D eigenvalue weighted by atomic mass is 10.2. The lowest BCUT2D eigenvalue weighted by molar-refractivity contribution is 0.102. The first-order valence-electron chi connectivity index (χ1n) is 9.25. The maximum atomic E-state index is 13.1. The third-order valence-corrected chi connectivity index (χ3v) is 7.09. The largest absolute Gasteiger partial charge is 0.296 e. The van der Waals surface area contributed by atoms with Gasteiger partial charge in [-0.15, -0.1) is 10.2 Å². The molecular formula is C20H21FN4O3S3. The number of amides is 1. The van der Waals surface area contributed by atoms with Crippen LogP contribution in [0.2, 0.25) is 0 Å². The van der Waals surface area contributed by atoms with Crippen LogP contribution in [-0.2, 0) is 16.6 Å². The highest BCUT2D eigenvalue weighted by Gasteiger charge is 2.19.